The largest absolute Gasteiger partial charge is 0.250 e. The molecule has 0 aromatic carbocycles. The van der Waals surface area contributed by atoms with Gasteiger partial charge in [0.15, 0.2) is 0 Å². The molecule has 0 aliphatic carbocycles. The maximum Gasteiger partial charge on any atom is 0.0796 e. The molecule has 0 amide bonds. The van der Waals surface area contributed by atoms with Gasteiger partial charge in [-0.2, -0.15) is 0 Å². The highest BCUT2D eigenvalue weighted by molar-refractivity contribution is 4.86. The second-order valence-corrected chi connectivity index (χ2v) is 1.40. The van der Waals surface area contributed by atoms with E-state index in [9.17, 15) is 0 Å². The summed E-state index contributed by atoms with van der Waals surface area (Å²) in [6, 6.07) is 0. The van der Waals surface area contributed by atoms with Gasteiger partial charge in [0.1, 0.15) is 0 Å². The zero-order valence-electron chi connectivity index (χ0n) is 4.13. The van der Waals surface area contributed by atoms with Gasteiger partial charge in [-0.25, -0.2) is 0 Å². The van der Waals surface area contributed by atoms with E-state index >= 15 is 0 Å². The van der Waals surface area contributed by atoms with Crippen molar-refractivity contribution in [1.29, 1.82) is 0 Å². The Labute approximate surface area is 42.0 Å². The van der Waals surface area contributed by atoms with Crippen LogP contribution in [0.3, 0.4) is 0 Å². The summed E-state index contributed by atoms with van der Waals surface area (Å²) in [6.07, 6.45) is 1.75. The van der Waals surface area contributed by atoms with Crippen molar-refractivity contribution in [2.24, 2.45) is 0 Å². The van der Waals surface area contributed by atoms with Gasteiger partial charge in [-0.15, -0.1) is 5.10 Å². The zero-order chi connectivity index (χ0) is 5.28. The summed E-state index contributed by atoms with van der Waals surface area (Å²) in [4.78, 5) is 0. The van der Waals surface area contributed by atoms with Crippen LogP contribution in [-0.2, 0) is 0 Å². The molecule has 3 nitrogen and oxygen atoms in total. The summed E-state index contributed by atoms with van der Waals surface area (Å²) in [5.41, 5.74) is 0.898. The molecule has 0 spiro atoms. The molecule has 7 heavy (non-hydrogen) atoms. The first-order valence-electron chi connectivity index (χ1n) is 1.99. The Hall–Kier alpha value is -0.860. The summed E-state index contributed by atoms with van der Waals surface area (Å²) in [5.74, 6) is 0. The Morgan fingerprint density at radius 2 is 2.57 bits per heavy atom. The molecular formula is C4H6N3. The fourth-order valence-corrected chi connectivity index (χ4v) is 0.395. The Morgan fingerprint density at radius 3 is 2.71 bits per heavy atom. The molecule has 0 saturated heterocycles. The summed E-state index contributed by atoms with van der Waals surface area (Å²) in [7, 11) is 3.48. The molecule has 0 N–H and O–H groups in total. The molecule has 0 bridgehead atoms. The maximum atomic E-state index is 3.67. The fraction of sp³-hybridized carbons (Fsp3) is 0.250. The second-order valence-electron chi connectivity index (χ2n) is 1.40. The van der Waals surface area contributed by atoms with Gasteiger partial charge in [0, 0.05) is 6.20 Å². The highest BCUT2D eigenvalue weighted by Gasteiger charge is 1.83. The van der Waals surface area contributed by atoms with Crippen LogP contribution in [0.15, 0.2) is 6.20 Å². The van der Waals surface area contributed by atoms with Gasteiger partial charge in [-0.05, 0) is 6.92 Å². The highest BCUT2D eigenvalue weighted by Crippen LogP contribution is 1.83. The highest BCUT2D eigenvalue weighted by atomic mass is 15.4. The van der Waals surface area contributed by atoms with Crippen molar-refractivity contribution in [3.63, 3.8) is 0 Å². The van der Waals surface area contributed by atoms with Crippen LogP contribution in [-0.4, -0.2) is 15.0 Å². The molecule has 1 aromatic heterocycles. The molecule has 0 saturated carbocycles. The van der Waals surface area contributed by atoms with Gasteiger partial charge >= 0.3 is 0 Å². The fourth-order valence-electron chi connectivity index (χ4n) is 0.395. The third kappa shape index (κ3) is 0.765. The topological polar surface area (TPSA) is 30.7 Å². The van der Waals surface area contributed by atoms with Crippen molar-refractivity contribution in [2.45, 2.75) is 6.92 Å². The van der Waals surface area contributed by atoms with Gasteiger partial charge in [0.2, 0.25) is 0 Å². The van der Waals surface area contributed by atoms with Crippen molar-refractivity contribution in [1.82, 2.24) is 15.0 Å². The molecule has 37 valence electrons. The van der Waals surface area contributed by atoms with Gasteiger partial charge in [0.05, 0.1) is 12.7 Å². The predicted octanol–water partition coefficient (Wildman–Crippen LogP) is 0.226. The van der Waals surface area contributed by atoms with Crippen molar-refractivity contribution in [2.75, 3.05) is 0 Å². The number of aromatic nitrogens is 3. The maximum absolute atomic E-state index is 3.67. The number of hydrogen-bond acceptors (Lipinski definition) is 2. The van der Waals surface area contributed by atoms with E-state index in [1.165, 1.54) is 4.68 Å². The average Bonchev–Trinajstić information content (AvgIpc) is 1.87. The van der Waals surface area contributed by atoms with Gasteiger partial charge in [-0.3, -0.25) is 4.68 Å². The predicted molar refractivity (Wildman–Crippen MR) is 25.5 cm³/mol. The Kier molecular flexibility index (Phi) is 0.817. The van der Waals surface area contributed by atoms with Crippen LogP contribution in [0.5, 0.6) is 0 Å². The van der Waals surface area contributed by atoms with Crippen LogP contribution in [0.2, 0.25) is 0 Å². The number of aryl methyl sites for hydroxylation is 1. The molecule has 0 atom stereocenters. The van der Waals surface area contributed by atoms with Gasteiger partial charge in [-0.1, -0.05) is 5.21 Å². The lowest BCUT2D eigenvalue weighted by Gasteiger charge is -1.74. The second kappa shape index (κ2) is 1.33. The van der Waals surface area contributed by atoms with E-state index in [2.05, 4.69) is 17.4 Å². The third-order valence-electron chi connectivity index (χ3n) is 0.653. The molecule has 1 heterocycles. The average molecular weight is 96.1 g/mol. The van der Waals surface area contributed by atoms with Crippen molar-refractivity contribution in [3.05, 3.63) is 18.9 Å². The molecule has 0 unspecified atom stereocenters. The van der Waals surface area contributed by atoms with Crippen molar-refractivity contribution < 1.29 is 0 Å². The van der Waals surface area contributed by atoms with Crippen LogP contribution in [0, 0.1) is 14.0 Å². The van der Waals surface area contributed by atoms with E-state index in [-0.39, 0.29) is 0 Å². The van der Waals surface area contributed by atoms with Crippen LogP contribution < -0.4 is 0 Å². The normalized spacial score (nSPS) is 9.43. The lowest BCUT2D eigenvalue weighted by atomic mass is 10.6. The molecule has 3 heteroatoms. The van der Waals surface area contributed by atoms with E-state index in [4.69, 9.17) is 0 Å². The molecule has 1 aromatic rings. The molecule has 0 fully saturated rings. The summed E-state index contributed by atoms with van der Waals surface area (Å²) in [6.45, 7) is 1.87. The van der Waals surface area contributed by atoms with E-state index in [0.29, 0.717) is 0 Å². The first kappa shape index (κ1) is 4.30. The molecular weight excluding hydrogens is 90.1 g/mol. The SMILES string of the molecule is [CH2]n1cc(C)nn1. The quantitative estimate of drug-likeness (QED) is 0.462. The van der Waals surface area contributed by atoms with E-state index in [0.717, 1.165) is 5.69 Å². The molecule has 0 aliphatic heterocycles. The Bertz CT molecular complexity index is 139. The molecule has 1 radical (unpaired) electrons. The monoisotopic (exact) mass is 96.1 g/mol. The van der Waals surface area contributed by atoms with Crippen LogP contribution in [0.1, 0.15) is 5.69 Å². The lowest BCUT2D eigenvalue weighted by molar-refractivity contribution is 0.797. The minimum absolute atomic E-state index is 0.898. The first-order chi connectivity index (χ1) is 3.29. The van der Waals surface area contributed by atoms with E-state index in [1.807, 2.05) is 6.92 Å². The lowest BCUT2D eigenvalue weighted by Crippen LogP contribution is -1.82. The number of nitrogens with zero attached hydrogens (tertiary/aromatic N) is 3. The standard InChI is InChI=1S/C4H6N3/c1-4-3-7(2)6-5-4/h3H,2H2,1H3. The Balaban J connectivity index is 3.04. The van der Waals surface area contributed by atoms with Gasteiger partial charge < -0.3 is 0 Å². The van der Waals surface area contributed by atoms with Gasteiger partial charge in [0.25, 0.3) is 0 Å². The summed E-state index contributed by atoms with van der Waals surface area (Å²) >= 11 is 0. The van der Waals surface area contributed by atoms with E-state index < -0.39 is 0 Å². The number of rotatable bonds is 0. The minimum Gasteiger partial charge on any atom is -0.250 e. The van der Waals surface area contributed by atoms with Crippen LogP contribution in [0.4, 0.5) is 0 Å². The smallest absolute Gasteiger partial charge is 0.0796 e. The van der Waals surface area contributed by atoms with Crippen LogP contribution in [0.25, 0.3) is 0 Å². The zero-order valence-corrected chi connectivity index (χ0v) is 4.13. The van der Waals surface area contributed by atoms with Crippen molar-refractivity contribution in [3.8, 4) is 0 Å². The summed E-state index contributed by atoms with van der Waals surface area (Å²) in [5, 5.41) is 7.24. The van der Waals surface area contributed by atoms with Crippen LogP contribution >= 0.6 is 0 Å². The first-order valence-corrected chi connectivity index (χ1v) is 1.99. The minimum atomic E-state index is 0.898. The van der Waals surface area contributed by atoms with Crippen molar-refractivity contribution >= 4 is 0 Å². The molecule has 0 aliphatic rings. The Morgan fingerprint density at radius 1 is 1.86 bits per heavy atom. The molecule has 1 rings (SSSR count). The third-order valence-corrected chi connectivity index (χ3v) is 0.653. The summed E-state index contributed by atoms with van der Waals surface area (Å²) < 4.78 is 1.43. The number of hydrogen-bond donors (Lipinski definition) is 0. The van der Waals surface area contributed by atoms with E-state index in [1.54, 1.807) is 6.20 Å².